The zero-order chi connectivity index (χ0) is 55.7. The number of carbonyl (C=O) groups is 5. The summed E-state index contributed by atoms with van der Waals surface area (Å²) in [7, 11) is 4.73. The zero-order valence-electron chi connectivity index (χ0n) is 45.4. The topological polar surface area (TPSA) is 197 Å². The molecule has 5 aromatic rings. The molecular formula is C60H66N6O13S. The van der Waals surface area contributed by atoms with E-state index in [-0.39, 0.29) is 61.6 Å². The number of fused-ring (bicyclic) bond motifs is 8. The quantitative estimate of drug-likeness (QED) is 0.0411. The minimum absolute atomic E-state index is 0.0333. The van der Waals surface area contributed by atoms with Crippen LogP contribution in [-0.2, 0) is 59.5 Å². The summed E-state index contributed by atoms with van der Waals surface area (Å²) in [5, 5.41) is 4.17. The van der Waals surface area contributed by atoms with Crippen LogP contribution in [0.15, 0.2) is 96.0 Å². The van der Waals surface area contributed by atoms with Gasteiger partial charge in [-0.2, -0.15) is 11.8 Å². The predicted molar refractivity (Wildman–Crippen MR) is 303 cm³/mol. The molecule has 0 aliphatic carbocycles. The smallest absolute Gasteiger partial charge is 0.333 e. The van der Waals surface area contributed by atoms with Crippen molar-refractivity contribution in [3.8, 4) is 23.0 Å². The molecule has 4 amide bonds. The maximum Gasteiger partial charge on any atom is 0.333 e. The summed E-state index contributed by atoms with van der Waals surface area (Å²) >= 11 is 1.68. The molecule has 0 radical (unpaired) electrons. The molecule has 1 N–H and O–H groups in total. The molecule has 20 heteroatoms. The van der Waals surface area contributed by atoms with Crippen molar-refractivity contribution in [2.24, 2.45) is 4.99 Å². The lowest BCUT2D eigenvalue weighted by Crippen LogP contribution is -2.39. The van der Waals surface area contributed by atoms with Crippen LogP contribution in [0.25, 0.3) is 0 Å². The van der Waals surface area contributed by atoms with Crippen LogP contribution in [0.5, 0.6) is 23.0 Å². The maximum atomic E-state index is 14.3. The van der Waals surface area contributed by atoms with Crippen LogP contribution < -0.4 is 39.0 Å². The summed E-state index contributed by atoms with van der Waals surface area (Å²) in [4.78, 5) is 81.0. The fourth-order valence-electron chi connectivity index (χ4n) is 10.6. The fraction of sp³-hybridized carbons (Fsp3) is 0.400. The highest BCUT2D eigenvalue weighted by Crippen LogP contribution is 2.43. The second kappa shape index (κ2) is 25.6. The van der Waals surface area contributed by atoms with Gasteiger partial charge < -0.3 is 53.1 Å². The van der Waals surface area contributed by atoms with Gasteiger partial charge in [-0.15, -0.1) is 5.06 Å². The van der Waals surface area contributed by atoms with E-state index >= 15 is 0 Å². The number of hydrogen-bond acceptors (Lipinski definition) is 17. The number of benzene rings is 5. The highest BCUT2D eigenvalue weighted by Gasteiger charge is 2.39. The molecule has 19 nitrogen and oxygen atoms in total. The lowest BCUT2D eigenvalue weighted by atomic mass is 10.1. The first-order chi connectivity index (χ1) is 39.0. The molecule has 1 saturated heterocycles. The molecule has 1 fully saturated rings. The molecule has 5 aliphatic heterocycles. The van der Waals surface area contributed by atoms with Crippen LogP contribution >= 0.6 is 11.8 Å². The van der Waals surface area contributed by atoms with E-state index in [0.717, 1.165) is 45.7 Å². The number of anilines is 4. The number of rotatable bonds is 26. The van der Waals surface area contributed by atoms with Gasteiger partial charge in [-0.05, 0) is 83.3 Å². The van der Waals surface area contributed by atoms with Gasteiger partial charge in [0.1, 0.15) is 13.2 Å². The SMILES string of the molecule is COCCOCCOCCN(C[C@H](C)SCCCC(=O)ON1C(=O)CCC1=O)c1cc(COc2cc3c(cc2OC)C(=O)N2c4ccccc4C[C@@H]2C=N3)cc(COc2cc3c(cc2OC)C(=O)N2c4ccccc4C[C@H]2CN3)c1. The van der Waals surface area contributed by atoms with E-state index in [9.17, 15) is 24.0 Å². The van der Waals surface area contributed by atoms with E-state index in [0.29, 0.717) is 122 Å². The number of carbonyl (C=O) groups excluding carboxylic acids is 5. The molecule has 5 heterocycles. The number of amides is 4. The van der Waals surface area contributed by atoms with E-state index < -0.39 is 17.8 Å². The lowest BCUT2D eigenvalue weighted by Gasteiger charge is -2.29. The molecule has 0 aromatic heterocycles. The van der Waals surface area contributed by atoms with Crippen molar-refractivity contribution in [3.63, 3.8) is 0 Å². The molecule has 5 aliphatic rings. The van der Waals surface area contributed by atoms with E-state index in [1.54, 1.807) is 56.2 Å². The second-order valence-electron chi connectivity index (χ2n) is 20.0. The number of ether oxygens (including phenoxy) is 7. The first-order valence-electron chi connectivity index (χ1n) is 27.0. The normalized spacial score (nSPS) is 17.1. The van der Waals surface area contributed by atoms with Crippen LogP contribution in [0.4, 0.5) is 28.4 Å². The van der Waals surface area contributed by atoms with E-state index in [4.69, 9.17) is 43.0 Å². The van der Waals surface area contributed by atoms with Gasteiger partial charge in [-0.1, -0.05) is 43.3 Å². The molecule has 3 atom stereocenters. The monoisotopic (exact) mass is 1110 g/mol. The fourth-order valence-corrected chi connectivity index (χ4v) is 11.6. The highest BCUT2D eigenvalue weighted by molar-refractivity contribution is 7.99. The van der Waals surface area contributed by atoms with Gasteiger partial charge >= 0.3 is 5.97 Å². The minimum Gasteiger partial charge on any atom is -0.493 e. The Morgan fingerprint density at radius 2 is 1.35 bits per heavy atom. The predicted octanol–water partition coefficient (Wildman–Crippen LogP) is 8.14. The van der Waals surface area contributed by atoms with Gasteiger partial charge in [-0.25, -0.2) is 4.79 Å². The van der Waals surface area contributed by atoms with Crippen molar-refractivity contribution in [2.75, 3.05) is 99.8 Å². The number of nitrogens with zero attached hydrogens (tertiary/aromatic N) is 5. The van der Waals surface area contributed by atoms with Gasteiger partial charge in [-0.3, -0.25) is 29.1 Å². The third-order valence-corrected chi connectivity index (χ3v) is 15.8. The van der Waals surface area contributed by atoms with Crippen molar-refractivity contribution in [1.29, 1.82) is 0 Å². The van der Waals surface area contributed by atoms with Gasteiger partial charge in [0.25, 0.3) is 23.6 Å². The third kappa shape index (κ3) is 12.5. The molecule has 5 aromatic carbocycles. The molecule has 0 bridgehead atoms. The van der Waals surface area contributed by atoms with Crippen molar-refractivity contribution in [2.45, 2.75) is 76.0 Å². The standard InChI is InChI=1S/C60H66N6O13S/c1-38(80-23-9-14-58(69)79-66-56(67)15-16-57(66)68)35-63(17-18-75-21-22-76-20-19-72-2)43-25-39(36-77-54-31-48-46(29-52(54)73-3)59(70)64-44(33-61-48)27-41-10-5-7-12-50(41)64)24-40(26-43)37-78-55-32-49-47(30-53(55)74-4)60(71)65-45(34-62-49)28-42-11-6-8-13-51(42)65/h5-8,10-13,24-26,29-33,38,44-45,62H,9,14-23,27-28,34-37H2,1-4H3/t38-,44+,45-/m0/s1. The summed E-state index contributed by atoms with van der Waals surface area (Å²) in [6.45, 7) is 6.11. The largest absolute Gasteiger partial charge is 0.493 e. The van der Waals surface area contributed by atoms with Gasteiger partial charge in [0.2, 0.25) is 0 Å². The Balaban J connectivity index is 0.906. The first kappa shape index (κ1) is 55.7. The van der Waals surface area contributed by atoms with Gasteiger partial charge in [0.05, 0.1) is 81.8 Å². The number of imide groups is 1. The van der Waals surface area contributed by atoms with Crippen LogP contribution in [-0.4, -0.2) is 138 Å². The highest BCUT2D eigenvalue weighted by atomic mass is 32.2. The second-order valence-corrected chi connectivity index (χ2v) is 21.6. The zero-order valence-corrected chi connectivity index (χ0v) is 46.3. The minimum atomic E-state index is -0.628. The van der Waals surface area contributed by atoms with Crippen LogP contribution in [0, 0.1) is 0 Å². The van der Waals surface area contributed by atoms with E-state index in [1.807, 2.05) is 65.7 Å². The summed E-state index contributed by atoms with van der Waals surface area (Å²) in [5.74, 6) is 0.351. The van der Waals surface area contributed by atoms with Crippen molar-refractivity contribution >= 4 is 76.0 Å². The maximum absolute atomic E-state index is 14.3. The Morgan fingerprint density at radius 3 is 2.05 bits per heavy atom. The van der Waals surface area contributed by atoms with E-state index in [1.165, 1.54) is 0 Å². The number of hydrogen-bond donors (Lipinski definition) is 1. The first-order valence-corrected chi connectivity index (χ1v) is 28.1. The molecule has 80 heavy (non-hydrogen) atoms. The third-order valence-electron chi connectivity index (χ3n) is 14.6. The Hall–Kier alpha value is -7.65. The lowest BCUT2D eigenvalue weighted by molar-refractivity contribution is -0.197. The van der Waals surface area contributed by atoms with Crippen molar-refractivity contribution in [1.82, 2.24) is 5.06 Å². The summed E-state index contributed by atoms with van der Waals surface area (Å²) in [6.07, 6.45) is 3.84. The average molecular weight is 1110 g/mol. The molecule has 0 unspecified atom stereocenters. The summed E-state index contributed by atoms with van der Waals surface area (Å²) in [6, 6.07) is 28.8. The summed E-state index contributed by atoms with van der Waals surface area (Å²) in [5.41, 5.74) is 8.54. The van der Waals surface area contributed by atoms with Gasteiger partial charge in [0.15, 0.2) is 23.0 Å². The number of hydroxylamine groups is 2. The Kier molecular flexibility index (Phi) is 17.8. The average Bonchev–Trinajstić information content (AvgIpc) is 4.19. The van der Waals surface area contributed by atoms with Crippen LogP contribution in [0.1, 0.15) is 75.6 Å². The molecule has 0 spiro atoms. The van der Waals surface area contributed by atoms with Crippen LogP contribution in [0.2, 0.25) is 0 Å². The van der Waals surface area contributed by atoms with Crippen molar-refractivity contribution < 1.29 is 62.0 Å². The number of nitrogens with one attached hydrogen (secondary N) is 1. The number of thioether (sulfide) groups is 1. The molecule has 420 valence electrons. The Labute approximate surface area is 469 Å². The van der Waals surface area contributed by atoms with E-state index in [2.05, 4.69) is 35.3 Å². The number of methoxy groups -OCH3 is 3. The molecule has 0 saturated carbocycles. The van der Waals surface area contributed by atoms with Gasteiger partial charge in [0, 0.05) is 93.1 Å². The molecule has 10 rings (SSSR count). The number of aliphatic imine (C=N–C) groups is 1. The molecular weight excluding hydrogens is 1040 g/mol. The van der Waals surface area contributed by atoms with Crippen molar-refractivity contribution in [3.05, 3.63) is 124 Å². The Morgan fingerprint density at radius 1 is 0.725 bits per heavy atom. The summed E-state index contributed by atoms with van der Waals surface area (Å²) < 4.78 is 41.9. The number of para-hydroxylation sites is 2. The van der Waals surface area contributed by atoms with Crippen LogP contribution in [0.3, 0.4) is 0 Å². The Bertz CT molecular complexity index is 3140.